The van der Waals surface area contributed by atoms with E-state index in [4.69, 9.17) is 22.4 Å². The lowest BCUT2D eigenvalue weighted by atomic mass is 10.2. The van der Waals surface area contributed by atoms with Crippen LogP contribution in [0.5, 0.6) is 0 Å². The molecule has 1 aromatic carbocycles. The molecule has 0 aliphatic carbocycles. The average molecular weight is 314 g/mol. The lowest BCUT2D eigenvalue weighted by Gasteiger charge is -2.27. The quantitative estimate of drug-likeness (QED) is 0.644. The average Bonchev–Trinajstić information content (AvgIpc) is 2.46. The molecule has 0 aromatic heterocycles. The van der Waals surface area contributed by atoms with E-state index in [0.29, 0.717) is 22.9 Å². The highest BCUT2D eigenvalue weighted by Crippen LogP contribution is 2.23. The number of nitrogens with two attached hydrogens (primary N) is 1. The van der Waals surface area contributed by atoms with Gasteiger partial charge in [-0.2, -0.15) is 0 Å². The van der Waals surface area contributed by atoms with Gasteiger partial charge in [-0.25, -0.2) is 0 Å². The van der Waals surface area contributed by atoms with Crippen molar-refractivity contribution in [1.29, 1.82) is 0 Å². The number of halogens is 1. The Balaban J connectivity index is 2.73. The Labute approximate surface area is 131 Å². The van der Waals surface area contributed by atoms with Crippen LogP contribution in [0.3, 0.4) is 0 Å². The van der Waals surface area contributed by atoms with Crippen molar-refractivity contribution in [3.05, 3.63) is 23.2 Å². The zero-order chi connectivity index (χ0) is 15.8. The molecule has 1 atom stereocenters. The Hall–Kier alpha value is -1.30. The van der Waals surface area contributed by atoms with Gasteiger partial charge in [-0.1, -0.05) is 24.9 Å². The fourth-order valence-corrected chi connectivity index (χ4v) is 2.20. The van der Waals surface area contributed by atoms with E-state index in [2.05, 4.69) is 12.2 Å². The summed E-state index contributed by atoms with van der Waals surface area (Å²) in [6.45, 7) is 5.19. The van der Waals surface area contributed by atoms with E-state index in [-0.39, 0.29) is 18.6 Å². The minimum absolute atomic E-state index is 0.0284. The van der Waals surface area contributed by atoms with Crippen LogP contribution in [0.15, 0.2) is 18.2 Å². The minimum Gasteiger partial charge on any atom is -0.397 e. The van der Waals surface area contributed by atoms with Gasteiger partial charge in [0.15, 0.2) is 0 Å². The predicted molar refractivity (Wildman–Crippen MR) is 87.5 cm³/mol. The van der Waals surface area contributed by atoms with E-state index in [1.807, 2.05) is 11.8 Å². The van der Waals surface area contributed by atoms with Gasteiger partial charge in [0.05, 0.1) is 24.0 Å². The van der Waals surface area contributed by atoms with Gasteiger partial charge in [0.1, 0.15) is 0 Å². The molecule has 4 N–H and O–H groups in total. The number of benzene rings is 1. The Morgan fingerprint density at radius 3 is 2.81 bits per heavy atom. The van der Waals surface area contributed by atoms with Crippen LogP contribution < -0.4 is 11.1 Å². The molecule has 0 spiro atoms. The van der Waals surface area contributed by atoms with Crippen LogP contribution in [-0.4, -0.2) is 41.7 Å². The van der Waals surface area contributed by atoms with Crippen LogP contribution in [0.25, 0.3) is 0 Å². The summed E-state index contributed by atoms with van der Waals surface area (Å²) in [6.07, 6.45) is 2.02. The Kier molecular flexibility index (Phi) is 7.50. The van der Waals surface area contributed by atoms with Gasteiger partial charge in [-0.15, -0.1) is 0 Å². The summed E-state index contributed by atoms with van der Waals surface area (Å²) >= 11 is 5.91. The molecule has 0 aliphatic heterocycles. The fraction of sp³-hybridized carbons (Fsp3) is 0.533. The van der Waals surface area contributed by atoms with Crippen molar-refractivity contribution < 1.29 is 9.90 Å². The van der Waals surface area contributed by atoms with Gasteiger partial charge in [-0.05, 0) is 38.1 Å². The summed E-state index contributed by atoms with van der Waals surface area (Å²) in [5.41, 5.74) is 6.81. The lowest BCUT2D eigenvalue weighted by molar-refractivity contribution is -0.120. The SMILES string of the molecule is CCCCN(CCO)C(C)C(=O)Nc1cc(Cl)ccc1N. The highest BCUT2D eigenvalue weighted by Gasteiger charge is 2.21. The first-order valence-electron chi connectivity index (χ1n) is 7.20. The van der Waals surface area contributed by atoms with Crippen molar-refractivity contribution in [2.45, 2.75) is 32.7 Å². The molecule has 1 unspecified atom stereocenters. The Morgan fingerprint density at radius 1 is 1.48 bits per heavy atom. The molecule has 1 amide bonds. The van der Waals surface area contributed by atoms with Crippen molar-refractivity contribution >= 4 is 28.9 Å². The zero-order valence-electron chi connectivity index (χ0n) is 12.6. The van der Waals surface area contributed by atoms with Crippen LogP contribution in [0, 0.1) is 0 Å². The fourth-order valence-electron chi connectivity index (χ4n) is 2.03. The smallest absolute Gasteiger partial charge is 0.241 e. The number of carbonyl (C=O) groups excluding carboxylic acids is 1. The second-order valence-corrected chi connectivity index (χ2v) is 5.45. The van der Waals surface area contributed by atoms with E-state index in [0.717, 1.165) is 19.4 Å². The van der Waals surface area contributed by atoms with Crippen LogP contribution in [0.2, 0.25) is 5.02 Å². The highest BCUT2D eigenvalue weighted by atomic mass is 35.5. The summed E-state index contributed by atoms with van der Waals surface area (Å²) in [5, 5.41) is 12.4. The maximum atomic E-state index is 12.3. The largest absolute Gasteiger partial charge is 0.397 e. The number of unbranched alkanes of at least 4 members (excludes halogenated alkanes) is 1. The maximum absolute atomic E-state index is 12.3. The normalized spacial score (nSPS) is 12.4. The summed E-state index contributed by atoms with van der Waals surface area (Å²) in [4.78, 5) is 14.3. The van der Waals surface area contributed by atoms with Gasteiger partial charge in [-0.3, -0.25) is 9.69 Å². The molecule has 5 nitrogen and oxygen atoms in total. The second-order valence-electron chi connectivity index (χ2n) is 5.01. The lowest BCUT2D eigenvalue weighted by Crippen LogP contribution is -2.44. The van der Waals surface area contributed by atoms with E-state index in [1.165, 1.54) is 0 Å². The number of amides is 1. The molecule has 1 rings (SSSR count). The minimum atomic E-state index is -0.345. The summed E-state index contributed by atoms with van der Waals surface area (Å²) in [6, 6.07) is 4.62. The monoisotopic (exact) mass is 313 g/mol. The number of nitrogens with zero attached hydrogens (tertiary/aromatic N) is 1. The van der Waals surface area contributed by atoms with E-state index in [1.54, 1.807) is 18.2 Å². The number of hydrogen-bond acceptors (Lipinski definition) is 4. The number of aliphatic hydroxyl groups is 1. The van der Waals surface area contributed by atoms with Crippen molar-refractivity contribution in [3.63, 3.8) is 0 Å². The summed E-state index contributed by atoms with van der Waals surface area (Å²) in [5.74, 6) is -0.159. The molecule has 0 radical (unpaired) electrons. The van der Waals surface area contributed by atoms with E-state index >= 15 is 0 Å². The molecule has 0 bridgehead atoms. The molecule has 0 saturated heterocycles. The molecule has 21 heavy (non-hydrogen) atoms. The number of carbonyl (C=O) groups is 1. The van der Waals surface area contributed by atoms with Crippen molar-refractivity contribution in [1.82, 2.24) is 4.90 Å². The maximum Gasteiger partial charge on any atom is 0.241 e. The van der Waals surface area contributed by atoms with Crippen molar-refractivity contribution in [3.8, 4) is 0 Å². The second kappa shape index (κ2) is 8.87. The zero-order valence-corrected chi connectivity index (χ0v) is 13.4. The van der Waals surface area contributed by atoms with Crippen molar-refractivity contribution in [2.24, 2.45) is 0 Å². The first-order valence-corrected chi connectivity index (χ1v) is 7.58. The number of nitrogens with one attached hydrogen (secondary N) is 1. The van der Waals surface area contributed by atoms with Gasteiger partial charge in [0.2, 0.25) is 5.91 Å². The van der Waals surface area contributed by atoms with Crippen LogP contribution >= 0.6 is 11.6 Å². The Bertz CT molecular complexity index is 468. The van der Waals surface area contributed by atoms with Crippen molar-refractivity contribution in [2.75, 3.05) is 30.7 Å². The predicted octanol–water partition coefficient (Wildman–Crippen LogP) is 2.34. The van der Waals surface area contributed by atoms with Gasteiger partial charge in [0.25, 0.3) is 0 Å². The molecule has 0 aliphatic rings. The number of nitrogen functional groups attached to an aromatic ring is 1. The molecular weight excluding hydrogens is 290 g/mol. The molecular formula is C15H24ClN3O2. The summed E-state index contributed by atoms with van der Waals surface area (Å²) in [7, 11) is 0. The third-order valence-electron chi connectivity index (χ3n) is 3.39. The molecule has 0 fully saturated rings. The molecule has 0 heterocycles. The van der Waals surface area contributed by atoms with Gasteiger partial charge in [0, 0.05) is 11.6 Å². The van der Waals surface area contributed by atoms with E-state index < -0.39 is 0 Å². The van der Waals surface area contributed by atoms with Gasteiger partial charge >= 0.3 is 0 Å². The molecule has 1 aromatic rings. The number of anilines is 2. The van der Waals surface area contributed by atoms with Crippen LogP contribution in [-0.2, 0) is 4.79 Å². The van der Waals surface area contributed by atoms with Crippen LogP contribution in [0.4, 0.5) is 11.4 Å². The summed E-state index contributed by atoms with van der Waals surface area (Å²) < 4.78 is 0. The van der Waals surface area contributed by atoms with E-state index in [9.17, 15) is 4.79 Å². The number of rotatable bonds is 8. The Morgan fingerprint density at radius 2 is 2.19 bits per heavy atom. The third kappa shape index (κ3) is 5.53. The standard InChI is InChI=1S/C15H24ClN3O2/c1-3-4-7-19(8-9-20)11(2)15(21)18-14-10-12(16)5-6-13(14)17/h5-6,10-11,20H,3-4,7-9,17H2,1-2H3,(H,18,21). The first kappa shape index (κ1) is 17.8. The third-order valence-corrected chi connectivity index (χ3v) is 3.62. The number of aliphatic hydroxyl groups excluding tert-OH is 1. The number of hydrogen-bond donors (Lipinski definition) is 3. The molecule has 118 valence electrons. The molecule has 6 heteroatoms. The molecule has 0 saturated carbocycles. The van der Waals surface area contributed by atoms with Crippen LogP contribution in [0.1, 0.15) is 26.7 Å². The topological polar surface area (TPSA) is 78.6 Å². The first-order chi connectivity index (χ1) is 9.99. The highest BCUT2D eigenvalue weighted by molar-refractivity contribution is 6.31. The van der Waals surface area contributed by atoms with Gasteiger partial charge < -0.3 is 16.2 Å².